The Morgan fingerprint density at radius 2 is 1.61 bits per heavy atom. The molecule has 1 aromatic rings. The van der Waals surface area contributed by atoms with Crippen molar-refractivity contribution in [2.24, 2.45) is 5.92 Å². The van der Waals surface area contributed by atoms with Crippen LogP contribution in [-0.2, 0) is 25.7 Å². The Morgan fingerprint density at radius 1 is 0.903 bits per heavy atom. The molecule has 172 valence electrons. The second-order valence-electron chi connectivity index (χ2n) is 7.88. The summed E-state index contributed by atoms with van der Waals surface area (Å²) in [5.41, 5.74) is 0.894. The van der Waals surface area contributed by atoms with Gasteiger partial charge in [-0.25, -0.2) is 0 Å². The van der Waals surface area contributed by atoms with Crippen LogP contribution in [0.4, 0.5) is 0 Å². The first-order chi connectivity index (χ1) is 14.9. The van der Waals surface area contributed by atoms with Crippen LogP contribution in [0.25, 0.3) is 0 Å². The quantitative estimate of drug-likeness (QED) is 0.293. The number of hydrogen-bond acceptors (Lipinski definition) is 4. The summed E-state index contributed by atoms with van der Waals surface area (Å²) >= 11 is 0. The minimum absolute atomic E-state index is 0.0858. The lowest BCUT2D eigenvalue weighted by Crippen LogP contribution is -2.48. The molecule has 1 aromatic carbocycles. The first-order valence-corrected chi connectivity index (χ1v) is 11.3. The Balaban J connectivity index is 2.62. The maximum atomic E-state index is 12.7. The lowest BCUT2D eigenvalue weighted by Gasteiger charge is -2.20. The highest BCUT2D eigenvalue weighted by Crippen LogP contribution is 2.10. The Bertz CT molecular complexity index is 706. The standard InChI is InChI=1S/C24H37N3O4/c1-4-6-8-13-20(22(29)24(31)26-17-19-11-9-7-10-12-19)27-23(30)18(3)14-15-21(28)25-16-5-2/h7,9-12,18,20H,4-6,8,13-17H2,1-3H3,(H,25,28)(H,26,31)(H,27,30). The van der Waals surface area contributed by atoms with Gasteiger partial charge in [0.1, 0.15) is 0 Å². The fourth-order valence-electron chi connectivity index (χ4n) is 3.04. The Hall–Kier alpha value is -2.70. The first kappa shape index (κ1) is 26.3. The number of ketones is 1. The number of amides is 3. The van der Waals surface area contributed by atoms with Gasteiger partial charge in [0, 0.05) is 25.4 Å². The number of rotatable bonds is 15. The maximum Gasteiger partial charge on any atom is 0.289 e. The minimum Gasteiger partial charge on any atom is -0.356 e. The second-order valence-corrected chi connectivity index (χ2v) is 7.88. The molecule has 2 unspecified atom stereocenters. The zero-order chi connectivity index (χ0) is 23.1. The lowest BCUT2D eigenvalue weighted by molar-refractivity contribution is -0.140. The molecule has 3 amide bonds. The normalized spacial score (nSPS) is 12.5. The molecule has 31 heavy (non-hydrogen) atoms. The molecule has 0 bridgehead atoms. The predicted octanol–water partition coefficient (Wildman–Crippen LogP) is 2.88. The zero-order valence-electron chi connectivity index (χ0n) is 19.0. The van der Waals surface area contributed by atoms with Gasteiger partial charge in [-0.2, -0.15) is 0 Å². The molecule has 0 radical (unpaired) electrons. The highest BCUT2D eigenvalue weighted by molar-refractivity contribution is 6.38. The van der Waals surface area contributed by atoms with E-state index >= 15 is 0 Å². The molecular formula is C24H37N3O4. The molecule has 0 aromatic heterocycles. The molecule has 3 N–H and O–H groups in total. The largest absolute Gasteiger partial charge is 0.356 e. The highest BCUT2D eigenvalue weighted by atomic mass is 16.2. The summed E-state index contributed by atoms with van der Waals surface area (Å²) in [6.07, 6.45) is 4.54. The van der Waals surface area contributed by atoms with Crippen LogP contribution in [0, 0.1) is 5.92 Å². The van der Waals surface area contributed by atoms with Gasteiger partial charge in [0.15, 0.2) is 0 Å². The van der Waals surface area contributed by atoms with E-state index in [0.717, 1.165) is 31.2 Å². The molecule has 0 aliphatic rings. The van der Waals surface area contributed by atoms with Crippen molar-refractivity contribution >= 4 is 23.5 Å². The van der Waals surface area contributed by atoms with Crippen LogP contribution in [0.5, 0.6) is 0 Å². The van der Waals surface area contributed by atoms with Crippen LogP contribution >= 0.6 is 0 Å². The first-order valence-electron chi connectivity index (χ1n) is 11.3. The van der Waals surface area contributed by atoms with E-state index in [4.69, 9.17) is 0 Å². The zero-order valence-corrected chi connectivity index (χ0v) is 19.0. The summed E-state index contributed by atoms with van der Waals surface area (Å²) in [6, 6.07) is 8.48. The Morgan fingerprint density at radius 3 is 2.26 bits per heavy atom. The average Bonchev–Trinajstić information content (AvgIpc) is 2.79. The van der Waals surface area contributed by atoms with E-state index in [9.17, 15) is 19.2 Å². The number of unbranched alkanes of at least 4 members (excludes halogenated alkanes) is 2. The molecule has 0 saturated heterocycles. The molecule has 1 rings (SSSR count). The lowest BCUT2D eigenvalue weighted by atomic mass is 10.00. The predicted molar refractivity (Wildman–Crippen MR) is 121 cm³/mol. The SMILES string of the molecule is CCCCCC(NC(=O)C(C)CCC(=O)NCCC)C(=O)C(=O)NCc1ccccc1. The van der Waals surface area contributed by atoms with Gasteiger partial charge < -0.3 is 16.0 Å². The Labute approximate surface area is 185 Å². The minimum atomic E-state index is -0.855. The van der Waals surface area contributed by atoms with Gasteiger partial charge in [0.05, 0.1) is 6.04 Å². The number of carbonyl (C=O) groups is 4. The van der Waals surface area contributed by atoms with Gasteiger partial charge in [-0.15, -0.1) is 0 Å². The third kappa shape index (κ3) is 10.8. The van der Waals surface area contributed by atoms with E-state index in [2.05, 4.69) is 16.0 Å². The summed E-state index contributed by atoms with van der Waals surface area (Å²) in [5, 5.41) is 8.16. The van der Waals surface area contributed by atoms with Crippen molar-refractivity contribution in [1.82, 2.24) is 16.0 Å². The van der Waals surface area contributed by atoms with Crippen LogP contribution in [0.15, 0.2) is 30.3 Å². The number of hydrogen-bond donors (Lipinski definition) is 3. The van der Waals surface area contributed by atoms with Crippen LogP contribution in [0.2, 0.25) is 0 Å². The van der Waals surface area contributed by atoms with Crippen LogP contribution in [-0.4, -0.2) is 36.1 Å². The van der Waals surface area contributed by atoms with Gasteiger partial charge in [-0.05, 0) is 24.8 Å². The number of Topliss-reactive ketones (excluding diaryl/α,β-unsaturated/α-hetero) is 1. The molecular weight excluding hydrogens is 394 g/mol. The molecule has 2 atom stereocenters. The van der Waals surface area contributed by atoms with E-state index in [1.165, 1.54) is 0 Å². The van der Waals surface area contributed by atoms with Crippen molar-refractivity contribution in [3.8, 4) is 0 Å². The van der Waals surface area contributed by atoms with Crippen molar-refractivity contribution in [2.45, 2.75) is 78.3 Å². The Kier molecular flexibility index (Phi) is 12.9. The smallest absolute Gasteiger partial charge is 0.289 e. The molecule has 0 spiro atoms. The van der Waals surface area contributed by atoms with Crippen molar-refractivity contribution in [2.75, 3.05) is 6.54 Å². The van der Waals surface area contributed by atoms with Crippen LogP contribution < -0.4 is 16.0 Å². The highest BCUT2D eigenvalue weighted by Gasteiger charge is 2.28. The van der Waals surface area contributed by atoms with Crippen molar-refractivity contribution in [3.63, 3.8) is 0 Å². The van der Waals surface area contributed by atoms with Crippen LogP contribution in [0.3, 0.4) is 0 Å². The molecule has 0 saturated carbocycles. The summed E-state index contributed by atoms with van der Waals surface area (Å²) in [4.78, 5) is 49.5. The molecule has 7 heteroatoms. The molecule has 0 aliphatic heterocycles. The van der Waals surface area contributed by atoms with Crippen molar-refractivity contribution in [1.29, 1.82) is 0 Å². The van der Waals surface area contributed by atoms with Gasteiger partial charge in [-0.1, -0.05) is 70.4 Å². The van der Waals surface area contributed by atoms with Gasteiger partial charge >= 0.3 is 0 Å². The number of carbonyl (C=O) groups excluding carboxylic acids is 4. The van der Waals surface area contributed by atoms with Crippen molar-refractivity contribution in [3.05, 3.63) is 35.9 Å². The number of benzene rings is 1. The average molecular weight is 432 g/mol. The molecule has 7 nitrogen and oxygen atoms in total. The van der Waals surface area contributed by atoms with E-state index in [-0.39, 0.29) is 24.8 Å². The van der Waals surface area contributed by atoms with Gasteiger partial charge in [0.25, 0.3) is 5.91 Å². The van der Waals surface area contributed by atoms with Crippen molar-refractivity contribution < 1.29 is 19.2 Å². The molecule has 0 fully saturated rings. The van der Waals surface area contributed by atoms with E-state index in [0.29, 0.717) is 19.4 Å². The summed E-state index contributed by atoms with van der Waals surface area (Å²) in [6.45, 7) is 6.62. The van der Waals surface area contributed by atoms with Crippen LogP contribution in [0.1, 0.15) is 71.3 Å². The fraction of sp³-hybridized carbons (Fsp3) is 0.583. The number of nitrogens with one attached hydrogen (secondary N) is 3. The fourth-order valence-corrected chi connectivity index (χ4v) is 3.04. The summed E-state index contributed by atoms with van der Waals surface area (Å²) in [5.74, 6) is -2.15. The summed E-state index contributed by atoms with van der Waals surface area (Å²) in [7, 11) is 0. The van der Waals surface area contributed by atoms with Gasteiger partial charge in [0.2, 0.25) is 17.6 Å². The third-order valence-corrected chi connectivity index (χ3v) is 5.07. The molecule has 0 heterocycles. The van der Waals surface area contributed by atoms with E-state index in [1.807, 2.05) is 44.2 Å². The monoisotopic (exact) mass is 431 g/mol. The van der Waals surface area contributed by atoms with E-state index in [1.54, 1.807) is 6.92 Å². The maximum absolute atomic E-state index is 12.7. The topological polar surface area (TPSA) is 104 Å². The third-order valence-electron chi connectivity index (χ3n) is 5.07. The second kappa shape index (κ2) is 15.2. The van der Waals surface area contributed by atoms with Gasteiger partial charge in [-0.3, -0.25) is 19.2 Å². The molecule has 0 aliphatic carbocycles. The summed E-state index contributed by atoms with van der Waals surface area (Å²) < 4.78 is 0. The van der Waals surface area contributed by atoms with E-state index < -0.39 is 23.7 Å².